The van der Waals surface area contributed by atoms with Crippen molar-refractivity contribution in [3.63, 3.8) is 0 Å². The third kappa shape index (κ3) is 1.71. The molecule has 2 rings (SSSR count). The lowest BCUT2D eigenvalue weighted by molar-refractivity contribution is 0.783. The van der Waals surface area contributed by atoms with Gasteiger partial charge < -0.3 is 5.73 Å². The number of fused-ring (bicyclic) bond motifs is 1. The molecule has 0 unspecified atom stereocenters. The summed E-state index contributed by atoms with van der Waals surface area (Å²) in [5, 5.41) is 4.28. The molecule has 0 atom stereocenters. The molecule has 2 heterocycles. The Hall–Kier alpha value is -0.940. The Bertz CT molecular complexity index is 423. The van der Waals surface area contributed by atoms with Crippen LogP contribution in [0.3, 0.4) is 0 Å². The minimum Gasteiger partial charge on any atom is -0.330 e. The van der Waals surface area contributed by atoms with E-state index in [9.17, 15) is 0 Å². The molecule has 2 N–H and O–H groups in total. The van der Waals surface area contributed by atoms with E-state index in [0.717, 1.165) is 15.8 Å². The Morgan fingerprint density at radius 3 is 3.15 bits per heavy atom. The van der Waals surface area contributed by atoms with E-state index in [0.29, 0.717) is 13.0 Å². The van der Waals surface area contributed by atoms with Crippen LogP contribution in [0.4, 0.5) is 0 Å². The summed E-state index contributed by atoms with van der Waals surface area (Å²) in [5.74, 6) is 0.776. The molecule has 0 amide bonds. The van der Waals surface area contributed by atoms with E-state index < -0.39 is 0 Å². The fourth-order valence-corrected chi connectivity index (χ4v) is 1.58. The first-order valence-corrected chi connectivity index (χ1v) is 4.79. The second-order valence-corrected chi connectivity index (χ2v) is 3.66. The molecule has 0 aliphatic carbocycles. The average Bonchev–Trinajstić information content (AvgIpc) is 2.44. The molecule has 0 aromatic carbocycles. The number of hydrogen-bond donors (Lipinski definition) is 1. The van der Waals surface area contributed by atoms with E-state index in [1.165, 1.54) is 0 Å². The molecule has 0 aliphatic rings. The van der Waals surface area contributed by atoms with Crippen LogP contribution >= 0.6 is 15.9 Å². The molecule has 0 bridgehead atoms. The highest BCUT2D eigenvalue weighted by molar-refractivity contribution is 9.10. The lowest BCUT2D eigenvalue weighted by Gasteiger charge is -1.97. The van der Waals surface area contributed by atoms with Crippen molar-refractivity contribution in [3.05, 3.63) is 28.8 Å². The van der Waals surface area contributed by atoms with Gasteiger partial charge in [-0.2, -0.15) is 5.10 Å². The fraction of sp³-hybridized carbons (Fsp3) is 0.250. The summed E-state index contributed by atoms with van der Waals surface area (Å²) in [6.07, 6.45) is 4.41. The van der Waals surface area contributed by atoms with Crippen molar-refractivity contribution in [3.8, 4) is 0 Å². The fourth-order valence-electron chi connectivity index (χ4n) is 1.15. The van der Waals surface area contributed by atoms with Gasteiger partial charge in [-0.05, 0) is 28.5 Å². The van der Waals surface area contributed by atoms with E-state index in [4.69, 9.17) is 5.73 Å². The monoisotopic (exact) mass is 240 g/mol. The summed E-state index contributed by atoms with van der Waals surface area (Å²) in [6.45, 7) is 0.577. The topological polar surface area (TPSA) is 56.2 Å². The largest absolute Gasteiger partial charge is 0.330 e. The van der Waals surface area contributed by atoms with Crippen molar-refractivity contribution in [1.82, 2.24) is 14.6 Å². The minimum atomic E-state index is 0.577. The van der Waals surface area contributed by atoms with Gasteiger partial charge in [-0.15, -0.1) is 0 Å². The van der Waals surface area contributed by atoms with Gasteiger partial charge in [-0.1, -0.05) is 0 Å². The number of rotatable bonds is 2. The second-order valence-electron chi connectivity index (χ2n) is 2.74. The van der Waals surface area contributed by atoms with Crippen LogP contribution in [-0.4, -0.2) is 21.1 Å². The van der Waals surface area contributed by atoms with E-state index in [1.807, 2.05) is 12.3 Å². The quantitative estimate of drug-likeness (QED) is 0.853. The maximum Gasteiger partial charge on any atom is 0.150 e. The predicted octanol–water partition coefficient (Wildman–Crippen LogP) is 0.993. The Labute approximate surface area is 83.9 Å². The van der Waals surface area contributed by atoms with Crippen LogP contribution in [-0.2, 0) is 6.42 Å². The van der Waals surface area contributed by atoms with Crippen molar-refractivity contribution < 1.29 is 0 Å². The Morgan fingerprint density at radius 1 is 1.54 bits per heavy atom. The van der Waals surface area contributed by atoms with Gasteiger partial charge >= 0.3 is 0 Å². The zero-order chi connectivity index (χ0) is 9.26. The third-order valence-corrected chi connectivity index (χ3v) is 2.17. The van der Waals surface area contributed by atoms with Crippen LogP contribution in [0.2, 0.25) is 0 Å². The predicted molar refractivity (Wildman–Crippen MR) is 53.4 cm³/mol. The molecule has 0 spiro atoms. The highest BCUT2D eigenvalue weighted by atomic mass is 79.9. The summed E-state index contributed by atoms with van der Waals surface area (Å²) in [4.78, 5) is 4.18. The van der Waals surface area contributed by atoms with Crippen molar-refractivity contribution in [1.29, 1.82) is 0 Å². The average molecular weight is 241 g/mol. The molecule has 0 saturated carbocycles. The van der Waals surface area contributed by atoms with E-state index in [1.54, 1.807) is 10.7 Å². The molecule has 0 aliphatic heterocycles. The van der Waals surface area contributed by atoms with Gasteiger partial charge in [0.2, 0.25) is 0 Å². The summed E-state index contributed by atoms with van der Waals surface area (Å²) >= 11 is 3.37. The summed E-state index contributed by atoms with van der Waals surface area (Å²) in [7, 11) is 0. The zero-order valence-electron chi connectivity index (χ0n) is 6.94. The van der Waals surface area contributed by atoms with Crippen molar-refractivity contribution in [2.75, 3.05) is 6.54 Å². The number of nitrogens with zero attached hydrogens (tertiary/aromatic N) is 3. The molecule has 0 radical (unpaired) electrons. The Balaban J connectivity index is 2.48. The molecule has 4 nitrogen and oxygen atoms in total. The molecule has 0 fully saturated rings. The standard InChI is InChI=1S/C8H9BrN4/c9-6-3-7-4-11-8(1-2-10)12-13(7)5-6/h3-5H,1-2,10H2. The van der Waals surface area contributed by atoms with Crippen LogP contribution in [0.5, 0.6) is 0 Å². The molecule has 2 aromatic rings. The third-order valence-electron chi connectivity index (χ3n) is 1.73. The Kier molecular flexibility index (Phi) is 2.28. The van der Waals surface area contributed by atoms with Gasteiger partial charge in [-0.3, -0.25) is 0 Å². The molecule has 5 heteroatoms. The number of aromatic nitrogens is 3. The van der Waals surface area contributed by atoms with Gasteiger partial charge in [0.25, 0.3) is 0 Å². The maximum absolute atomic E-state index is 5.41. The van der Waals surface area contributed by atoms with Crippen LogP contribution in [0.25, 0.3) is 5.52 Å². The highest BCUT2D eigenvalue weighted by Crippen LogP contribution is 2.13. The summed E-state index contributed by atoms with van der Waals surface area (Å²) < 4.78 is 2.80. The van der Waals surface area contributed by atoms with Gasteiger partial charge in [0.15, 0.2) is 0 Å². The van der Waals surface area contributed by atoms with E-state index in [-0.39, 0.29) is 0 Å². The molecule has 0 saturated heterocycles. The highest BCUT2D eigenvalue weighted by Gasteiger charge is 2.00. The zero-order valence-corrected chi connectivity index (χ0v) is 8.53. The molecular formula is C8H9BrN4. The first kappa shape index (κ1) is 8.65. The van der Waals surface area contributed by atoms with Crippen molar-refractivity contribution in [2.45, 2.75) is 6.42 Å². The smallest absolute Gasteiger partial charge is 0.150 e. The van der Waals surface area contributed by atoms with E-state index in [2.05, 4.69) is 26.0 Å². The van der Waals surface area contributed by atoms with Gasteiger partial charge in [0, 0.05) is 17.1 Å². The van der Waals surface area contributed by atoms with Crippen LogP contribution < -0.4 is 5.73 Å². The second kappa shape index (κ2) is 3.43. The van der Waals surface area contributed by atoms with E-state index >= 15 is 0 Å². The number of nitrogens with two attached hydrogens (primary N) is 1. The van der Waals surface area contributed by atoms with Crippen molar-refractivity contribution in [2.24, 2.45) is 5.73 Å². The first-order valence-electron chi connectivity index (χ1n) is 3.99. The van der Waals surface area contributed by atoms with Gasteiger partial charge in [-0.25, -0.2) is 9.50 Å². The van der Waals surface area contributed by atoms with Gasteiger partial charge in [0.1, 0.15) is 5.82 Å². The number of hydrogen-bond acceptors (Lipinski definition) is 3. The molecule has 2 aromatic heterocycles. The summed E-state index contributed by atoms with van der Waals surface area (Å²) in [6, 6.07) is 1.96. The van der Waals surface area contributed by atoms with Crippen LogP contribution in [0.15, 0.2) is 22.9 Å². The maximum atomic E-state index is 5.41. The molecule has 68 valence electrons. The lowest BCUT2D eigenvalue weighted by atomic mass is 10.4. The minimum absolute atomic E-state index is 0.577. The normalized spacial score (nSPS) is 10.9. The van der Waals surface area contributed by atoms with Crippen LogP contribution in [0, 0.1) is 0 Å². The molecule has 13 heavy (non-hydrogen) atoms. The summed E-state index contributed by atoms with van der Waals surface area (Å²) in [5.41, 5.74) is 6.39. The SMILES string of the molecule is NCCc1ncc2cc(Br)cn2n1. The number of halogens is 1. The first-order chi connectivity index (χ1) is 6.29. The van der Waals surface area contributed by atoms with Gasteiger partial charge in [0.05, 0.1) is 11.7 Å². The van der Waals surface area contributed by atoms with Crippen LogP contribution in [0.1, 0.15) is 5.82 Å². The lowest BCUT2D eigenvalue weighted by Crippen LogP contribution is -2.08. The molecular weight excluding hydrogens is 232 g/mol. The van der Waals surface area contributed by atoms with Crippen molar-refractivity contribution >= 4 is 21.4 Å². The Morgan fingerprint density at radius 2 is 2.38 bits per heavy atom.